The van der Waals surface area contributed by atoms with Crippen LogP contribution in [-0.4, -0.2) is 36.1 Å². The van der Waals surface area contributed by atoms with Gasteiger partial charge in [0.1, 0.15) is 5.15 Å². The molecular formula is C21H27ClN2O2. The Kier molecular flexibility index (Phi) is 6.49. The van der Waals surface area contributed by atoms with Gasteiger partial charge in [0.2, 0.25) is 5.91 Å². The lowest BCUT2D eigenvalue weighted by atomic mass is 9.88. The van der Waals surface area contributed by atoms with Crippen LogP contribution in [0.2, 0.25) is 5.15 Å². The topological polar surface area (TPSA) is 42.4 Å². The molecule has 1 amide bonds. The molecule has 1 aromatic heterocycles. The standard InChI is InChI=1S/C21H27ClN2O2/c1-15-7-6-10-17-13-18(20(22)23-19(15)17)14-24(11-12-26-2)21(25)16-8-4-3-5-9-16/h6-7,10,13,16H,3-5,8-9,11-12,14H2,1-2H3. The van der Waals surface area contributed by atoms with Gasteiger partial charge >= 0.3 is 0 Å². The molecule has 0 unspecified atom stereocenters. The first-order valence-electron chi connectivity index (χ1n) is 9.42. The first-order chi connectivity index (χ1) is 12.6. The minimum absolute atomic E-state index is 0.134. The maximum Gasteiger partial charge on any atom is 0.226 e. The van der Waals surface area contributed by atoms with Gasteiger partial charge in [-0.25, -0.2) is 4.98 Å². The molecular weight excluding hydrogens is 348 g/mol. The summed E-state index contributed by atoms with van der Waals surface area (Å²) in [6.45, 7) is 3.61. The van der Waals surface area contributed by atoms with Crippen LogP contribution in [0.25, 0.3) is 10.9 Å². The van der Waals surface area contributed by atoms with Gasteiger partial charge in [0, 0.05) is 37.1 Å². The SMILES string of the molecule is COCCN(Cc1cc2cccc(C)c2nc1Cl)C(=O)C1CCCCC1. The monoisotopic (exact) mass is 374 g/mol. The van der Waals surface area contributed by atoms with Crippen molar-refractivity contribution in [1.82, 2.24) is 9.88 Å². The van der Waals surface area contributed by atoms with Crippen molar-refractivity contribution in [1.29, 1.82) is 0 Å². The number of rotatable bonds is 6. The molecule has 0 atom stereocenters. The smallest absolute Gasteiger partial charge is 0.226 e. The second-order valence-corrected chi connectivity index (χ2v) is 7.53. The van der Waals surface area contributed by atoms with Crippen molar-refractivity contribution < 1.29 is 9.53 Å². The molecule has 26 heavy (non-hydrogen) atoms. The highest BCUT2D eigenvalue weighted by molar-refractivity contribution is 6.30. The third-order valence-corrected chi connectivity index (χ3v) is 5.59. The number of nitrogens with zero attached hydrogens (tertiary/aromatic N) is 2. The summed E-state index contributed by atoms with van der Waals surface area (Å²) in [5.41, 5.74) is 2.92. The normalized spacial score (nSPS) is 15.3. The van der Waals surface area contributed by atoms with Crippen molar-refractivity contribution in [2.75, 3.05) is 20.3 Å². The van der Waals surface area contributed by atoms with Crippen LogP contribution in [0.15, 0.2) is 24.3 Å². The fraction of sp³-hybridized carbons (Fsp3) is 0.524. The molecule has 3 rings (SSSR count). The van der Waals surface area contributed by atoms with Gasteiger partial charge in [0.25, 0.3) is 0 Å². The van der Waals surface area contributed by atoms with E-state index in [1.165, 1.54) is 6.42 Å². The summed E-state index contributed by atoms with van der Waals surface area (Å²) in [5, 5.41) is 1.53. The molecule has 140 valence electrons. The summed E-state index contributed by atoms with van der Waals surface area (Å²) in [4.78, 5) is 19.5. The zero-order valence-electron chi connectivity index (χ0n) is 15.6. The Balaban J connectivity index is 1.84. The maximum atomic E-state index is 13.0. The van der Waals surface area contributed by atoms with Crippen molar-refractivity contribution in [3.8, 4) is 0 Å². The van der Waals surface area contributed by atoms with Crippen LogP contribution < -0.4 is 0 Å². The van der Waals surface area contributed by atoms with E-state index >= 15 is 0 Å². The number of para-hydroxylation sites is 1. The number of halogens is 1. The van der Waals surface area contributed by atoms with Gasteiger partial charge in [-0.05, 0) is 31.4 Å². The number of hydrogen-bond acceptors (Lipinski definition) is 3. The van der Waals surface area contributed by atoms with Crippen molar-refractivity contribution >= 4 is 28.4 Å². The number of aromatic nitrogens is 1. The highest BCUT2D eigenvalue weighted by Gasteiger charge is 2.26. The molecule has 0 spiro atoms. The van der Waals surface area contributed by atoms with Crippen LogP contribution in [0.3, 0.4) is 0 Å². The summed E-state index contributed by atoms with van der Waals surface area (Å²) in [5.74, 6) is 0.359. The van der Waals surface area contributed by atoms with Crippen LogP contribution in [0.4, 0.5) is 0 Å². The molecule has 1 aliphatic carbocycles. The Labute approximate surface area is 160 Å². The fourth-order valence-electron chi connectivity index (χ4n) is 3.76. The number of hydrogen-bond donors (Lipinski definition) is 0. The molecule has 1 aromatic carbocycles. The minimum Gasteiger partial charge on any atom is -0.383 e. The van der Waals surface area contributed by atoms with Crippen molar-refractivity contribution in [3.05, 3.63) is 40.5 Å². The first-order valence-corrected chi connectivity index (χ1v) is 9.80. The highest BCUT2D eigenvalue weighted by Crippen LogP contribution is 2.28. The quantitative estimate of drug-likeness (QED) is 0.685. The number of pyridine rings is 1. The van der Waals surface area contributed by atoms with Gasteiger partial charge < -0.3 is 9.64 Å². The number of carbonyl (C=O) groups excluding carboxylic acids is 1. The summed E-state index contributed by atoms with van der Waals surface area (Å²) >= 11 is 6.46. The number of ether oxygens (including phenoxy) is 1. The lowest BCUT2D eigenvalue weighted by Crippen LogP contribution is -2.38. The molecule has 0 radical (unpaired) electrons. The number of amides is 1. The van der Waals surface area contributed by atoms with Crippen molar-refractivity contribution in [2.24, 2.45) is 5.92 Å². The number of aryl methyl sites for hydroxylation is 1. The lowest BCUT2D eigenvalue weighted by Gasteiger charge is -2.29. The Hall–Kier alpha value is -1.65. The molecule has 0 saturated heterocycles. The van der Waals surface area contributed by atoms with E-state index in [2.05, 4.69) is 11.1 Å². The predicted octanol–water partition coefficient (Wildman–Crippen LogP) is 4.75. The number of benzene rings is 1. The summed E-state index contributed by atoms with van der Waals surface area (Å²) < 4.78 is 5.22. The second-order valence-electron chi connectivity index (χ2n) is 7.17. The van der Waals surface area contributed by atoms with Crippen LogP contribution in [0.5, 0.6) is 0 Å². The molecule has 0 N–H and O–H groups in total. The van der Waals surface area contributed by atoms with Crippen LogP contribution in [0.1, 0.15) is 43.2 Å². The molecule has 1 heterocycles. The van der Waals surface area contributed by atoms with E-state index < -0.39 is 0 Å². The second kappa shape index (κ2) is 8.83. The van der Waals surface area contributed by atoms with Crippen LogP contribution in [0, 0.1) is 12.8 Å². The number of carbonyl (C=O) groups is 1. The lowest BCUT2D eigenvalue weighted by molar-refractivity contribution is -0.137. The Bertz CT molecular complexity index is 772. The van der Waals surface area contributed by atoms with Crippen LogP contribution in [-0.2, 0) is 16.1 Å². The molecule has 1 fully saturated rings. The fourth-order valence-corrected chi connectivity index (χ4v) is 3.96. The molecule has 5 heteroatoms. The van der Waals surface area contributed by atoms with E-state index in [4.69, 9.17) is 16.3 Å². The first kappa shape index (κ1) is 19.1. The van der Waals surface area contributed by atoms with Gasteiger partial charge in [0.15, 0.2) is 0 Å². The summed E-state index contributed by atoms with van der Waals surface area (Å²) in [7, 11) is 1.66. The Morgan fingerprint density at radius 2 is 2.08 bits per heavy atom. The summed E-state index contributed by atoms with van der Waals surface area (Å²) in [6, 6.07) is 8.15. The van der Waals surface area contributed by atoms with E-state index in [1.807, 2.05) is 30.0 Å². The van der Waals surface area contributed by atoms with E-state index in [0.29, 0.717) is 24.8 Å². The third kappa shape index (κ3) is 4.36. The largest absolute Gasteiger partial charge is 0.383 e. The van der Waals surface area contributed by atoms with Gasteiger partial charge in [-0.3, -0.25) is 4.79 Å². The van der Waals surface area contributed by atoms with Gasteiger partial charge in [-0.15, -0.1) is 0 Å². The third-order valence-electron chi connectivity index (χ3n) is 5.27. The Morgan fingerprint density at radius 3 is 2.81 bits per heavy atom. The van der Waals surface area contributed by atoms with Gasteiger partial charge in [-0.2, -0.15) is 0 Å². The number of fused-ring (bicyclic) bond motifs is 1. The highest BCUT2D eigenvalue weighted by atomic mass is 35.5. The molecule has 1 saturated carbocycles. The van der Waals surface area contributed by atoms with E-state index in [9.17, 15) is 4.79 Å². The molecule has 2 aromatic rings. The van der Waals surface area contributed by atoms with E-state index in [-0.39, 0.29) is 11.8 Å². The number of methoxy groups -OCH3 is 1. The molecule has 4 nitrogen and oxygen atoms in total. The molecule has 0 bridgehead atoms. The average molecular weight is 375 g/mol. The van der Waals surface area contributed by atoms with Crippen molar-refractivity contribution in [3.63, 3.8) is 0 Å². The molecule has 1 aliphatic rings. The van der Waals surface area contributed by atoms with Crippen molar-refractivity contribution in [2.45, 2.75) is 45.6 Å². The minimum atomic E-state index is 0.134. The summed E-state index contributed by atoms with van der Waals surface area (Å²) in [6.07, 6.45) is 5.51. The van der Waals surface area contributed by atoms with E-state index in [0.717, 1.165) is 47.7 Å². The van der Waals surface area contributed by atoms with Crippen LogP contribution >= 0.6 is 11.6 Å². The van der Waals surface area contributed by atoms with Gasteiger partial charge in [0.05, 0.1) is 12.1 Å². The Morgan fingerprint density at radius 1 is 1.31 bits per heavy atom. The zero-order chi connectivity index (χ0) is 18.5. The molecule has 0 aliphatic heterocycles. The zero-order valence-corrected chi connectivity index (χ0v) is 16.4. The average Bonchev–Trinajstić information content (AvgIpc) is 2.66. The predicted molar refractivity (Wildman–Crippen MR) is 105 cm³/mol. The maximum absolute atomic E-state index is 13.0. The van der Waals surface area contributed by atoms with E-state index in [1.54, 1.807) is 7.11 Å². The van der Waals surface area contributed by atoms with Gasteiger partial charge in [-0.1, -0.05) is 49.1 Å².